The van der Waals surface area contributed by atoms with E-state index < -0.39 is 0 Å². The first-order valence-corrected chi connectivity index (χ1v) is 10.1. The molecule has 144 valence electrons. The van der Waals surface area contributed by atoms with Crippen LogP contribution in [0.25, 0.3) is 0 Å². The molecule has 0 radical (unpaired) electrons. The Balaban J connectivity index is 1.38. The highest BCUT2D eigenvalue weighted by atomic mass is 35.5. The predicted molar refractivity (Wildman–Crippen MR) is 114 cm³/mol. The van der Waals surface area contributed by atoms with Gasteiger partial charge >= 0.3 is 0 Å². The Hall–Kier alpha value is -2.04. The molecule has 4 nitrogen and oxygen atoms in total. The van der Waals surface area contributed by atoms with Crippen LogP contribution in [0.5, 0.6) is 0 Å². The zero-order valence-electron chi connectivity index (χ0n) is 15.9. The van der Waals surface area contributed by atoms with E-state index in [0.29, 0.717) is 6.54 Å². The monoisotopic (exact) mass is 385 g/mol. The number of hydrogen-bond donors (Lipinski definition) is 2. The van der Waals surface area contributed by atoms with E-state index in [4.69, 9.17) is 11.6 Å². The van der Waals surface area contributed by atoms with E-state index in [2.05, 4.69) is 34.6 Å². The second-order valence-corrected chi connectivity index (χ2v) is 7.75. The molecule has 0 bridgehead atoms. The summed E-state index contributed by atoms with van der Waals surface area (Å²) in [4.78, 5) is 14.5. The number of rotatable bonds is 7. The van der Waals surface area contributed by atoms with Gasteiger partial charge in [-0.1, -0.05) is 30.7 Å². The van der Waals surface area contributed by atoms with Crippen LogP contribution in [-0.4, -0.2) is 32.1 Å². The van der Waals surface area contributed by atoms with Gasteiger partial charge in [0.05, 0.1) is 6.54 Å². The third-order valence-corrected chi connectivity index (χ3v) is 5.34. The number of nitrogens with one attached hydrogen (secondary N) is 2. The van der Waals surface area contributed by atoms with Crippen molar-refractivity contribution in [2.75, 3.05) is 36.4 Å². The number of amides is 1. The Morgan fingerprint density at radius 2 is 1.74 bits per heavy atom. The lowest BCUT2D eigenvalue weighted by Gasteiger charge is -2.32. The summed E-state index contributed by atoms with van der Waals surface area (Å²) < 4.78 is 0. The molecule has 1 heterocycles. The van der Waals surface area contributed by atoms with Gasteiger partial charge in [-0.05, 0) is 73.7 Å². The number of hydrogen-bond acceptors (Lipinski definition) is 3. The van der Waals surface area contributed by atoms with E-state index in [-0.39, 0.29) is 5.91 Å². The molecular formula is C22H28ClN3O. The number of halogens is 1. The standard InChI is InChI=1S/C22H28ClN3O/c1-17-11-14-26(15-12-17)21-8-6-20(7-9-21)25-22(27)16-24-13-10-18-2-4-19(23)5-3-18/h2-9,17,24H,10-16H2,1H3,(H,25,27). The van der Waals surface area contributed by atoms with Gasteiger partial charge in [0.25, 0.3) is 0 Å². The van der Waals surface area contributed by atoms with Crippen molar-refractivity contribution < 1.29 is 4.79 Å². The number of piperidine rings is 1. The van der Waals surface area contributed by atoms with E-state index in [1.807, 2.05) is 36.4 Å². The van der Waals surface area contributed by atoms with Gasteiger partial charge in [0.1, 0.15) is 0 Å². The van der Waals surface area contributed by atoms with Crippen LogP contribution < -0.4 is 15.5 Å². The van der Waals surface area contributed by atoms with Crippen molar-refractivity contribution in [2.45, 2.75) is 26.2 Å². The largest absolute Gasteiger partial charge is 0.372 e. The van der Waals surface area contributed by atoms with Gasteiger partial charge in [0.2, 0.25) is 5.91 Å². The molecule has 0 saturated carbocycles. The lowest BCUT2D eigenvalue weighted by atomic mass is 9.99. The molecule has 27 heavy (non-hydrogen) atoms. The zero-order chi connectivity index (χ0) is 19.1. The van der Waals surface area contributed by atoms with E-state index in [1.54, 1.807) is 0 Å². The highest BCUT2D eigenvalue weighted by Crippen LogP contribution is 2.24. The molecule has 2 N–H and O–H groups in total. The normalized spacial score (nSPS) is 15.0. The van der Waals surface area contributed by atoms with E-state index in [1.165, 1.54) is 24.1 Å². The molecule has 0 aromatic heterocycles. The van der Waals surface area contributed by atoms with Gasteiger partial charge in [0, 0.05) is 29.5 Å². The van der Waals surface area contributed by atoms with Crippen LogP contribution in [-0.2, 0) is 11.2 Å². The van der Waals surface area contributed by atoms with Gasteiger partial charge in [-0.25, -0.2) is 0 Å². The number of benzene rings is 2. The van der Waals surface area contributed by atoms with Crippen molar-refractivity contribution in [3.8, 4) is 0 Å². The van der Waals surface area contributed by atoms with Crippen LogP contribution in [0.2, 0.25) is 5.02 Å². The number of anilines is 2. The van der Waals surface area contributed by atoms with Crippen molar-refractivity contribution >= 4 is 28.9 Å². The molecular weight excluding hydrogens is 358 g/mol. The fraction of sp³-hybridized carbons (Fsp3) is 0.409. The predicted octanol–water partition coefficient (Wildman–Crippen LogP) is 4.35. The molecule has 3 rings (SSSR count). The summed E-state index contributed by atoms with van der Waals surface area (Å²) in [5.74, 6) is 0.803. The lowest BCUT2D eigenvalue weighted by molar-refractivity contribution is -0.115. The minimum atomic E-state index is -0.0225. The van der Waals surface area contributed by atoms with Crippen LogP contribution in [0.1, 0.15) is 25.3 Å². The summed E-state index contributed by atoms with van der Waals surface area (Å²) in [6.07, 6.45) is 3.37. The quantitative estimate of drug-likeness (QED) is 0.696. The highest BCUT2D eigenvalue weighted by Gasteiger charge is 2.15. The maximum atomic E-state index is 12.1. The van der Waals surface area contributed by atoms with E-state index in [0.717, 1.165) is 42.7 Å². The molecule has 1 fully saturated rings. The first-order valence-electron chi connectivity index (χ1n) is 9.70. The molecule has 0 unspecified atom stereocenters. The SMILES string of the molecule is CC1CCN(c2ccc(NC(=O)CNCCc3ccc(Cl)cc3)cc2)CC1. The third kappa shape index (κ3) is 6.26. The summed E-state index contributed by atoms with van der Waals surface area (Å²) in [6.45, 7) is 5.61. The summed E-state index contributed by atoms with van der Waals surface area (Å²) in [6, 6.07) is 16.0. The summed E-state index contributed by atoms with van der Waals surface area (Å²) in [7, 11) is 0. The first kappa shape index (κ1) is 19.7. The second kappa shape index (κ2) is 9.77. The number of nitrogens with zero attached hydrogens (tertiary/aromatic N) is 1. The van der Waals surface area contributed by atoms with Crippen molar-refractivity contribution in [2.24, 2.45) is 5.92 Å². The van der Waals surface area contributed by atoms with Crippen molar-refractivity contribution in [1.82, 2.24) is 5.32 Å². The molecule has 0 spiro atoms. The van der Waals surface area contributed by atoms with E-state index >= 15 is 0 Å². The van der Waals surface area contributed by atoms with Gasteiger partial charge in [-0.2, -0.15) is 0 Å². The average molecular weight is 386 g/mol. The average Bonchev–Trinajstić information content (AvgIpc) is 2.68. The van der Waals surface area contributed by atoms with Crippen molar-refractivity contribution in [1.29, 1.82) is 0 Å². The Labute approximate surface area is 166 Å². The maximum Gasteiger partial charge on any atom is 0.238 e. The summed E-state index contributed by atoms with van der Waals surface area (Å²) in [5.41, 5.74) is 3.28. The minimum absolute atomic E-state index is 0.0225. The molecule has 1 amide bonds. The molecule has 2 aromatic carbocycles. The number of carbonyl (C=O) groups is 1. The number of carbonyl (C=O) groups excluding carboxylic acids is 1. The smallest absolute Gasteiger partial charge is 0.238 e. The van der Waals surface area contributed by atoms with Crippen LogP contribution >= 0.6 is 11.6 Å². The van der Waals surface area contributed by atoms with Crippen molar-refractivity contribution in [3.05, 3.63) is 59.1 Å². The Morgan fingerprint density at radius 3 is 2.41 bits per heavy atom. The summed E-state index contributed by atoms with van der Waals surface area (Å²) in [5, 5.41) is 6.87. The van der Waals surface area contributed by atoms with Crippen LogP contribution in [0.15, 0.2) is 48.5 Å². The molecule has 5 heteroatoms. The molecule has 1 saturated heterocycles. The summed E-state index contributed by atoms with van der Waals surface area (Å²) >= 11 is 5.88. The minimum Gasteiger partial charge on any atom is -0.372 e. The van der Waals surface area contributed by atoms with Gasteiger partial charge < -0.3 is 15.5 Å². The van der Waals surface area contributed by atoms with E-state index in [9.17, 15) is 4.79 Å². The Kier molecular flexibility index (Phi) is 7.13. The van der Waals surface area contributed by atoms with Crippen molar-refractivity contribution in [3.63, 3.8) is 0 Å². The molecule has 1 aliphatic rings. The molecule has 2 aromatic rings. The van der Waals surface area contributed by atoms with Crippen LogP contribution in [0.3, 0.4) is 0 Å². The van der Waals surface area contributed by atoms with Gasteiger partial charge in [-0.3, -0.25) is 4.79 Å². The van der Waals surface area contributed by atoms with Gasteiger partial charge in [0.15, 0.2) is 0 Å². The fourth-order valence-corrected chi connectivity index (χ4v) is 3.44. The molecule has 0 atom stereocenters. The topological polar surface area (TPSA) is 44.4 Å². The lowest BCUT2D eigenvalue weighted by Crippen LogP contribution is -2.32. The fourth-order valence-electron chi connectivity index (χ4n) is 3.31. The second-order valence-electron chi connectivity index (χ2n) is 7.32. The maximum absolute atomic E-state index is 12.1. The molecule has 1 aliphatic heterocycles. The molecule has 0 aliphatic carbocycles. The Bertz CT molecular complexity index is 722. The highest BCUT2D eigenvalue weighted by molar-refractivity contribution is 6.30. The van der Waals surface area contributed by atoms with Crippen LogP contribution in [0.4, 0.5) is 11.4 Å². The van der Waals surface area contributed by atoms with Crippen LogP contribution in [0, 0.1) is 5.92 Å². The van der Waals surface area contributed by atoms with Gasteiger partial charge in [-0.15, -0.1) is 0 Å². The first-order chi connectivity index (χ1) is 13.1. The third-order valence-electron chi connectivity index (χ3n) is 5.09. The zero-order valence-corrected chi connectivity index (χ0v) is 16.6. The Morgan fingerprint density at radius 1 is 1.07 bits per heavy atom.